The smallest absolute Gasteiger partial charge is 0.753 e. The number of hydrogen-bond acceptors (Lipinski definition) is 8. The molecule has 0 saturated heterocycles. The topological polar surface area (TPSA) is 120 Å². The molecule has 4 aromatic heterocycles. The predicted molar refractivity (Wildman–Crippen MR) is 144 cm³/mol. The maximum atomic E-state index is 7.13. The summed E-state index contributed by atoms with van der Waals surface area (Å²) in [6.07, 6.45) is 3.64. The van der Waals surface area contributed by atoms with E-state index in [4.69, 9.17) is 10.8 Å². The summed E-state index contributed by atoms with van der Waals surface area (Å²) in [6.45, 7) is 4.02. The first kappa shape index (κ1) is 29.4. The number of aryl methyl sites for hydroxylation is 2. The summed E-state index contributed by atoms with van der Waals surface area (Å²) < 4.78 is 0. The van der Waals surface area contributed by atoms with Crippen LogP contribution in [0.4, 0.5) is 23.3 Å². The minimum Gasteiger partial charge on any atom is -0.753 e. The summed E-state index contributed by atoms with van der Waals surface area (Å²) in [7, 11) is 0. The molecule has 4 aromatic rings. The molecule has 0 atom stereocenters. The summed E-state index contributed by atoms with van der Waals surface area (Å²) in [5, 5.41) is 23.4. The molecule has 0 unspecified atom stereocenters. The average Bonchev–Trinajstić information content (AvgIpc) is 2.84. The molecule has 0 aliphatic heterocycles. The molecule has 0 aromatic carbocycles. The van der Waals surface area contributed by atoms with Crippen molar-refractivity contribution in [1.82, 2.24) is 19.9 Å². The SMILES string of the molecule is Cc1ccc(Nc2cccc(-c3cccc(Nc4ccc(C)cn4)n3)n2)nc1.[Fe+2].[N-]=C=S.[N-]=C=S. The van der Waals surface area contributed by atoms with Crippen molar-refractivity contribution >= 4 is 58.0 Å². The Morgan fingerprint density at radius 2 is 1.00 bits per heavy atom. The van der Waals surface area contributed by atoms with Crippen LogP contribution in [0, 0.1) is 13.8 Å². The Balaban J connectivity index is 0.000000797. The number of nitrogens with zero attached hydrogens (tertiary/aromatic N) is 6. The van der Waals surface area contributed by atoms with Crippen molar-refractivity contribution in [2.75, 3.05) is 10.6 Å². The van der Waals surface area contributed by atoms with Crippen LogP contribution in [0.3, 0.4) is 0 Å². The third kappa shape index (κ3) is 10.4. The van der Waals surface area contributed by atoms with Crippen molar-refractivity contribution in [3.8, 4) is 11.4 Å². The molecule has 0 aliphatic carbocycles. The first-order chi connectivity index (χ1) is 16.5. The molecule has 2 N–H and O–H groups in total. The Hall–Kier alpha value is -3.68. The molecule has 0 bridgehead atoms. The normalized spacial score (nSPS) is 8.86. The molecular weight excluding hydrogens is 520 g/mol. The van der Waals surface area contributed by atoms with Crippen molar-refractivity contribution in [1.29, 1.82) is 0 Å². The van der Waals surface area contributed by atoms with Crippen LogP contribution in [0.15, 0.2) is 73.1 Å². The zero-order chi connectivity index (χ0) is 24.8. The maximum absolute atomic E-state index is 7.13. The first-order valence-corrected chi connectivity index (χ1v) is 10.7. The Morgan fingerprint density at radius 3 is 1.31 bits per heavy atom. The van der Waals surface area contributed by atoms with E-state index in [1.54, 1.807) is 0 Å². The van der Waals surface area contributed by atoms with Gasteiger partial charge in [0, 0.05) is 12.4 Å². The van der Waals surface area contributed by atoms with Crippen LogP contribution in [0.2, 0.25) is 0 Å². The van der Waals surface area contributed by atoms with Crippen LogP contribution in [-0.2, 0) is 17.1 Å². The predicted octanol–water partition coefficient (Wildman–Crippen LogP) is 6.35. The number of anilines is 4. The molecule has 0 amide bonds. The van der Waals surface area contributed by atoms with Crippen LogP contribution in [0.25, 0.3) is 22.2 Å². The van der Waals surface area contributed by atoms with E-state index in [1.807, 2.05) is 86.9 Å². The van der Waals surface area contributed by atoms with Crippen molar-refractivity contribution in [2.45, 2.75) is 13.8 Å². The van der Waals surface area contributed by atoms with Gasteiger partial charge in [-0.2, -0.15) is 10.3 Å². The number of nitrogens with one attached hydrogen (secondary N) is 2. The van der Waals surface area contributed by atoms with E-state index < -0.39 is 0 Å². The molecule has 0 radical (unpaired) electrons. The number of rotatable bonds is 5. The average molecular weight is 540 g/mol. The van der Waals surface area contributed by atoms with Gasteiger partial charge in [0.15, 0.2) is 0 Å². The van der Waals surface area contributed by atoms with E-state index in [9.17, 15) is 0 Å². The van der Waals surface area contributed by atoms with Crippen molar-refractivity contribution in [3.63, 3.8) is 0 Å². The van der Waals surface area contributed by atoms with Gasteiger partial charge >= 0.3 is 17.1 Å². The number of pyridine rings is 4. The van der Waals surface area contributed by atoms with Gasteiger partial charge in [-0.05, 0) is 61.4 Å². The number of aromatic nitrogens is 4. The molecule has 0 spiro atoms. The Morgan fingerprint density at radius 1 is 0.629 bits per heavy atom. The minimum absolute atomic E-state index is 0. The summed E-state index contributed by atoms with van der Waals surface area (Å²) >= 11 is 7.40. The standard InChI is InChI=1S/C22H20N6.2CNS.Fe/c1-15-9-11-19(23-13-15)27-21-7-3-5-17(25-21)18-6-4-8-22(26-18)28-20-12-10-16(2)14-24-20;2*2-1-3;/h3-14H,1-2H3,(H,23,25,27)(H,24,26,28);;;/q;2*-1;+2. The van der Waals surface area contributed by atoms with Gasteiger partial charge in [-0.25, -0.2) is 19.9 Å². The molecule has 4 rings (SSSR count). The van der Waals surface area contributed by atoms with Gasteiger partial charge in [0.05, 0.1) is 11.4 Å². The van der Waals surface area contributed by atoms with Crippen LogP contribution in [0.1, 0.15) is 11.1 Å². The fourth-order valence-corrected chi connectivity index (χ4v) is 2.64. The van der Waals surface area contributed by atoms with E-state index in [-0.39, 0.29) is 17.1 Å². The fourth-order valence-electron chi connectivity index (χ4n) is 2.64. The summed E-state index contributed by atoms with van der Waals surface area (Å²) in [5.74, 6) is 2.94. The number of hydrogen-bond donors (Lipinski definition) is 2. The zero-order valence-electron chi connectivity index (χ0n) is 18.8. The van der Waals surface area contributed by atoms with Crippen molar-refractivity contribution in [2.24, 2.45) is 0 Å². The molecule has 0 fully saturated rings. The van der Waals surface area contributed by atoms with Crippen LogP contribution >= 0.6 is 24.4 Å². The van der Waals surface area contributed by atoms with Gasteiger partial charge in [0.1, 0.15) is 23.3 Å². The number of isothiocyanates is 2. The van der Waals surface area contributed by atoms with Gasteiger partial charge in [-0.15, -0.1) is 0 Å². The van der Waals surface area contributed by atoms with Gasteiger partial charge in [-0.3, -0.25) is 0 Å². The Labute approximate surface area is 225 Å². The maximum Gasteiger partial charge on any atom is 2.00 e. The summed E-state index contributed by atoms with van der Waals surface area (Å²) in [4.78, 5) is 18.0. The van der Waals surface area contributed by atoms with E-state index in [0.29, 0.717) is 11.6 Å². The summed E-state index contributed by atoms with van der Waals surface area (Å²) in [6, 6.07) is 19.5. The van der Waals surface area contributed by atoms with Gasteiger partial charge in [-0.1, -0.05) is 48.7 Å². The zero-order valence-corrected chi connectivity index (χ0v) is 21.5. The monoisotopic (exact) mass is 540 g/mol. The van der Waals surface area contributed by atoms with Gasteiger partial charge < -0.3 is 21.5 Å². The first-order valence-electron chi connectivity index (χ1n) is 9.85. The molecule has 0 saturated carbocycles. The largest absolute Gasteiger partial charge is 2.00 e. The van der Waals surface area contributed by atoms with Crippen molar-refractivity contribution in [3.05, 3.63) is 95.0 Å². The quantitative estimate of drug-likeness (QED) is 0.171. The minimum atomic E-state index is 0. The van der Waals surface area contributed by atoms with E-state index in [1.165, 1.54) is 10.3 Å². The van der Waals surface area contributed by atoms with E-state index in [2.05, 4.69) is 55.0 Å². The second kappa shape index (κ2) is 16.0. The second-order valence-corrected chi connectivity index (χ2v) is 7.06. The molecule has 11 heteroatoms. The van der Waals surface area contributed by atoms with E-state index in [0.717, 1.165) is 34.2 Å². The van der Waals surface area contributed by atoms with E-state index >= 15 is 0 Å². The Bertz CT molecular complexity index is 1170. The van der Waals surface area contributed by atoms with Crippen molar-refractivity contribution < 1.29 is 17.1 Å². The van der Waals surface area contributed by atoms with Gasteiger partial charge in [0.25, 0.3) is 0 Å². The third-order valence-electron chi connectivity index (χ3n) is 4.10. The summed E-state index contributed by atoms with van der Waals surface area (Å²) in [5.41, 5.74) is 3.78. The second-order valence-electron chi connectivity index (χ2n) is 6.69. The van der Waals surface area contributed by atoms with Crippen LogP contribution < -0.4 is 10.6 Å². The fraction of sp³-hybridized carbons (Fsp3) is 0.0833. The molecule has 4 heterocycles. The molecule has 0 aliphatic rings. The molecule has 8 nitrogen and oxygen atoms in total. The Kier molecular flexibility index (Phi) is 13.4. The van der Waals surface area contributed by atoms with Crippen LogP contribution in [-0.4, -0.2) is 30.3 Å². The molecular formula is C24H20FeN8S2. The van der Waals surface area contributed by atoms with Gasteiger partial charge in [0.2, 0.25) is 0 Å². The molecule has 176 valence electrons. The molecule has 35 heavy (non-hydrogen) atoms. The number of thiocarbonyl (C=S) groups is 2. The van der Waals surface area contributed by atoms with Crippen LogP contribution in [0.5, 0.6) is 0 Å². The third-order valence-corrected chi connectivity index (χ3v) is 4.10.